The van der Waals surface area contributed by atoms with Gasteiger partial charge in [-0.25, -0.2) is 0 Å². The highest BCUT2D eigenvalue weighted by molar-refractivity contribution is 6.71. The summed E-state index contributed by atoms with van der Waals surface area (Å²) in [5, 5.41) is 22.2. The average Bonchev–Trinajstić information content (AvgIpc) is 3.60. The molecule has 3 aliphatic heterocycles. The van der Waals surface area contributed by atoms with Gasteiger partial charge in [-0.3, -0.25) is 19.2 Å². The summed E-state index contributed by atoms with van der Waals surface area (Å²) in [6.07, 6.45) is 0.733. The Bertz CT molecular complexity index is 1240. The highest BCUT2D eigenvalue weighted by Gasteiger charge is 2.66. The summed E-state index contributed by atoms with van der Waals surface area (Å²) in [4.78, 5) is 66.7. The van der Waals surface area contributed by atoms with Crippen LogP contribution in [0.3, 0.4) is 0 Å². The molecule has 0 saturated carbocycles. The first-order chi connectivity index (χ1) is 20.3. The standard InChI is InChI=1S/C30H45N3O9Si/c1-18-27(43(4,5)40)24(16-25(36)32-14-8-9-21(32)17-34)42-30(18)22-15-20(31-28(38)19(2)35)11-12-23(22)33(29(30)39)13-7-6-10-26(37)41-3/h11-12,15,18-19,21,24,27,34-35,40H,6-10,13-14,16-17H2,1-5H3,(H,31,38)/t18-,19-,21-,24+,27-,30+/m0/s1. The molecule has 1 aromatic rings. The lowest BCUT2D eigenvalue weighted by atomic mass is 9.82. The van der Waals surface area contributed by atoms with E-state index in [0.29, 0.717) is 42.9 Å². The van der Waals surface area contributed by atoms with Gasteiger partial charge in [-0.05, 0) is 63.9 Å². The van der Waals surface area contributed by atoms with Crippen molar-refractivity contribution < 1.29 is 43.7 Å². The quantitative estimate of drug-likeness (QED) is 0.164. The van der Waals surface area contributed by atoms with E-state index in [-0.39, 0.29) is 43.3 Å². The second-order valence-electron chi connectivity index (χ2n) is 12.5. The van der Waals surface area contributed by atoms with Gasteiger partial charge in [0.15, 0.2) is 13.9 Å². The molecule has 3 heterocycles. The molecule has 0 bridgehead atoms. The number of benzene rings is 1. The molecule has 13 heteroatoms. The number of nitrogens with zero attached hydrogens (tertiary/aromatic N) is 2. The monoisotopic (exact) mass is 619 g/mol. The van der Waals surface area contributed by atoms with Crippen molar-refractivity contribution >= 4 is 43.4 Å². The van der Waals surface area contributed by atoms with Crippen LogP contribution < -0.4 is 10.2 Å². The topological polar surface area (TPSA) is 166 Å². The van der Waals surface area contributed by atoms with Gasteiger partial charge in [-0.1, -0.05) is 6.92 Å². The summed E-state index contributed by atoms with van der Waals surface area (Å²) in [6.45, 7) is 7.51. The lowest BCUT2D eigenvalue weighted by molar-refractivity contribution is -0.150. The summed E-state index contributed by atoms with van der Waals surface area (Å²) in [7, 11) is -1.69. The van der Waals surface area contributed by atoms with Crippen LogP contribution in [0.2, 0.25) is 18.6 Å². The van der Waals surface area contributed by atoms with Gasteiger partial charge in [0.25, 0.3) is 11.8 Å². The van der Waals surface area contributed by atoms with Crippen LogP contribution in [0.15, 0.2) is 18.2 Å². The number of nitrogens with one attached hydrogen (secondary N) is 1. The first-order valence-corrected chi connectivity index (χ1v) is 18.1. The number of hydrogen-bond acceptors (Lipinski definition) is 9. The number of rotatable bonds is 11. The van der Waals surface area contributed by atoms with Crippen LogP contribution in [-0.4, -0.2) is 97.0 Å². The highest BCUT2D eigenvalue weighted by Crippen LogP contribution is 2.60. The number of anilines is 2. The lowest BCUT2D eigenvalue weighted by Gasteiger charge is -2.33. The number of methoxy groups -OCH3 is 1. The number of aliphatic hydroxyl groups excluding tert-OH is 2. The van der Waals surface area contributed by atoms with Crippen molar-refractivity contribution in [3.8, 4) is 0 Å². The van der Waals surface area contributed by atoms with Gasteiger partial charge in [0.2, 0.25) is 5.91 Å². The van der Waals surface area contributed by atoms with E-state index in [1.165, 1.54) is 14.0 Å². The van der Waals surface area contributed by atoms with Gasteiger partial charge in [0.05, 0.1) is 38.0 Å². The van der Waals surface area contributed by atoms with Crippen LogP contribution in [0.25, 0.3) is 0 Å². The molecular weight excluding hydrogens is 574 g/mol. The second kappa shape index (κ2) is 13.0. The zero-order chi connectivity index (χ0) is 31.7. The van der Waals surface area contributed by atoms with Crippen molar-refractivity contribution in [2.75, 3.05) is 37.0 Å². The van der Waals surface area contributed by atoms with E-state index in [4.69, 9.17) is 9.47 Å². The number of carbonyl (C=O) groups excluding carboxylic acids is 4. The predicted molar refractivity (Wildman–Crippen MR) is 161 cm³/mol. The Morgan fingerprint density at radius 3 is 2.60 bits per heavy atom. The van der Waals surface area contributed by atoms with Crippen LogP contribution in [0, 0.1) is 5.92 Å². The normalized spacial score (nSPS) is 27.5. The molecule has 3 aliphatic rings. The van der Waals surface area contributed by atoms with Crippen LogP contribution >= 0.6 is 0 Å². The summed E-state index contributed by atoms with van der Waals surface area (Å²) in [5.74, 6) is -1.95. The molecule has 3 amide bonds. The minimum atomic E-state index is -3.02. The minimum absolute atomic E-state index is 0.0373. The molecule has 0 aromatic heterocycles. The molecule has 0 unspecified atom stereocenters. The first kappa shape index (κ1) is 33.1. The Morgan fingerprint density at radius 2 is 1.98 bits per heavy atom. The fourth-order valence-corrected chi connectivity index (χ4v) is 9.66. The van der Waals surface area contributed by atoms with Crippen molar-refractivity contribution in [3.63, 3.8) is 0 Å². The van der Waals surface area contributed by atoms with Gasteiger partial charge < -0.3 is 39.6 Å². The molecule has 0 radical (unpaired) electrons. The molecular formula is C30H45N3O9Si. The largest absolute Gasteiger partial charge is 0.469 e. The number of likely N-dealkylation sites (tertiary alicyclic amines) is 1. The molecule has 238 valence electrons. The van der Waals surface area contributed by atoms with Gasteiger partial charge in [-0.2, -0.15) is 0 Å². The molecule has 2 saturated heterocycles. The lowest BCUT2D eigenvalue weighted by Crippen LogP contribution is -2.46. The Balaban J connectivity index is 1.72. The van der Waals surface area contributed by atoms with Crippen molar-refractivity contribution in [3.05, 3.63) is 23.8 Å². The third-order valence-electron chi connectivity index (χ3n) is 9.16. The first-order valence-electron chi connectivity index (χ1n) is 15.1. The number of unbranched alkanes of at least 4 members (excludes halogenated alkanes) is 1. The molecule has 4 rings (SSSR count). The third-order valence-corrected chi connectivity index (χ3v) is 11.7. The fraction of sp³-hybridized carbons (Fsp3) is 0.667. The van der Waals surface area contributed by atoms with E-state index < -0.39 is 43.5 Å². The summed E-state index contributed by atoms with van der Waals surface area (Å²) >= 11 is 0. The van der Waals surface area contributed by atoms with E-state index in [9.17, 15) is 34.2 Å². The number of ether oxygens (including phenoxy) is 2. The van der Waals surface area contributed by atoms with Crippen LogP contribution in [0.4, 0.5) is 11.4 Å². The molecule has 4 N–H and O–H groups in total. The van der Waals surface area contributed by atoms with Crippen molar-refractivity contribution in [1.82, 2.24) is 4.90 Å². The number of esters is 1. The smallest absolute Gasteiger partial charge is 0.305 e. The summed E-state index contributed by atoms with van der Waals surface area (Å²) in [5.41, 5.74) is -0.507. The molecule has 0 aliphatic carbocycles. The molecule has 12 nitrogen and oxygen atoms in total. The van der Waals surface area contributed by atoms with Crippen molar-refractivity contribution in [2.45, 2.75) is 94.9 Å². The van der Waals surface area contributed by atoms with Crippen molar-refractivity contribution in [1.29, 1.82) is 0 Å². The minimum Gasteiger partial charge on any atom is -0.469 e. The van der Waals surface area contributed by atoms with Gasteiger partial charge >= 0.3 is 5.97 Å². The van der Waals surface area contributed by atoms with E-state index in [0.717, 1.165) is 12.8 Å². The maximum absolute atomic E-state index is 14.5. The van der Waals surface area contributed by atoms with Crippen LogP contribution in [0.1, 0.15) is 57.9 Å². The Morgan fingerprint density at radius 1 is 1.26 bits per heavy atom. The summed E-state index contributed by atoms with van der Waals surface area (Å²) < 4.78 is 11.5. The summed E-state index contributed by atoms with van der Waals surface area (Å²) in [6, 6.07) is 4.79. The molecule has 2 fully saturated rings. The van der Waals surface area contributed by atoms with E-state index in [1.54, 1.807) is 41.1 Å². The van der Waals surface area contributed by atoms with E-state index in [1.807, 2.05) is 6.92 Å². The number of fused-ring (bicyclic) bond motifs is 2. The number of amides is 3. The SMILES string of the molecule is COC(=O)CCCCN1C(=O)[C@]2(O[C@H](CC(=O)N3CCC[C@H]3CO)[C@@H]([Si](C)(C)O)[C@@H]2C)c2cc(NC(=O)[C@H](C)O)ccc21. The number of hydrogen-bond donors (Lipinski definition) is 4. The van der Waals surface area contributed by atoms with Gasteiger partial charge in [0, 0.05) is 42.2 Å². The molecule has 43 heavy (non-hydrogen) atoms. The van der Waals surface area contributed by atoms with E-state index in [2.05, 4.69) is 5.32 Å². The third kappa shape index (κ3) is 6.37. The fourth-order valence-electron chi connectivity index (χ4n) is 7.11. The molecule has 1 aromatic carbocycles. The Labute approximate surface area is 253 Å². The van der Waals surface area contributed by atoms with E-state index >= 15 is 0 Å². The zero-order valence-electron chi connectivity index (χ0n) is 25.7. The maximum Gasteiger partial charge on any atom is 0.305 e. The predicted octanol–water partition coefficient (Wildman–Crippen LogP) is 1.87. The van der Waals surface area contributed by atoms with Crippen LogP contribution in [-0.2, 0) is 34.3 Å². The second-order valence-corrected chi connectivity index (χ2v) is 16.5. The van der Waals surface area contributed by atoms with Gasteiger partial charge in [-0.15, -0.1) is 0 Å². The Kier molecular flexibility index (Phi) is 10.0. The van der Waals surface area contributed by atoms with Crippen molar-refractivity contribution in [2.24, 2.45) is 5.92 Å². The highest BCUT2D eigenvalue weighted by atomic mass is 28.4. The number of aliphatic hydroxyl groups is 2. The average molecular weight is 620 g/mol. The van der Waals surface area contributed by atoms with Gasteiger partial charge in [0.1, 0.15) is 6.10 Å². The maximum atomic E-state index is 14.5. The number of carbonyl (C=O) groups is 4. The van der Waals surface area contributed by atoms with Crippen LogP contribution in [0.5, 0.6) is 0 Å². The molecule has 1 spiro atoms. The molecule has 6 atom stereocenters. The Hall–Kier alpha value is -2.84. The zero-order valence-corrected chi connectivity index (χ0v) is 26.7.